The molecule has 102 valence electrons. The van der Waals surface area contributed by atoms with Gasteiger partial charge in [0.15, 0.2) is 0 Å². The van der Waals surface area contributed by atoms with E-state index < -0.39 is 10.4 Å². The van der Waals surface area contributed by atoms with Gasteiger partial charge in [0, 0.05) is 0 Å². The highest BCUT2D eigenvalue weighted by molar-refractivity contribution is 7.80. The van der Waals surface area contributed by atoms with E-state index in [0.717, 1.165) is 7.11 Å². The van der Waals surface area contributed by atoms with E-state index in [0.29, 0.717) is 17.9 Å². The van der Waals surface area contributed by atoms with Gasteiger partial charge in [-0.05, 0) is 19.1 Å². The number of hydrogen-bond acceptors (Lipinski definition) is 5. The lowest BCUT2D eigenvalue weighted by Crippen LogP contribution is -2.12. The maximum atomic E-state index is 9.33. The molecule has 0 heterocycles. The van der Waals surface area contributed by atoms with Crippen molar-refractivity contribution in [2.75, 3.05) is 13.7 Å². The number of benzene rings is 1. The Kier molecular flexibility index (Phi) is 6.94. The molecule has 0 aliphatic rings. The molecule has 0 radical (unpaired) electrons. The second-order valence-electron chi connectivity index (χ2n) is 2.94. The number of nitrogens with one attached hydrogen (secondary N) is 1. The van der Waals surface area contributed by atoms with Crippen LogP contribution < -0.4 is 10.5 Å². The summed E-state index contributed by atoms with van der Waals surface area (Å²) in [5, 5.41) is 7.25. The second kappa shape index (κ2) is 7.64. The van der Waals surface area contributed by atoms with Gasteiger partial charge in [0.05, 0.1) is 19.3 Å². The Hall–Kier alpha value is -1.64. The Bertz CT molecular complexity index is 487. The van der Waals surface area contributed by atoms with Crippen molar-refractivity contribution in [2.24, 2.45) is 5.73 Å². The molecule has 0 saturated carbocycles. The molecule has 0 aliphatic carbocycles. The lowest BCUT2D eigenvalue weighted by atomic mass is 10.2. The highest BCUT2D eigenvalue weighted by atomic mass is 32.3. The van der Waals surface area contributed by atoms with Crippen LogP contribution in [0, 0.1) is 5.41 Å². The van der Waals surface area contributed by atoms with Gasteiger partial charge < -0.3 is 10.5 Å². The molecule has 0 aromatic heterocycles. The van der Waals surface area contributed by atoms with Crippen molar-refractivity contribution < 1.29 is 21.9 Å². The molecule has 7 nitrogen and oxygen atoms in total. The fraction of sp³-hybridized carbons (Fsp3) is 0.300. The second-order valence-corrected chi connectivity index (χ2v) is 4.13. The number of nitrogens with two attached hydrogens (primary N) is 1. The van der Waals surface area contributed by atoms with Gasteiger partial charge in [-0.25, -0.2) is 0 Å². The van der Waals surface area contributed by atoms with E-state index in [2.05, 4.69) is 4.18 Å². The zero-order valence-electron chi connectivity index (χ0n) is 10.1. The molecule has 0 fully saturated rings. The number of hydrogen-bond donors (Lipinski definition) is 3. The first-order valence-corrected chi connectivity index (χ1v) is 6.27. The van der Waals surface area contributed by atoms with E-state index in [1.165, 1.54) is 0 Å². The molecule has 0 atom stereocenters. The SMILES string of the molecule is CCOc1ccccc1C(=N)N.COS(=O)(=O)O. The third-order valence-corrected chi connectivity index (χ3v) is 2.11. The zero-order valence-corrected chi connectivity index (χ0v) is 10.9. The largest absolute Gasteiger partial charge is 0.493 e. The summed E-state index contributed by atoms with van der Waals surface area (Å²) in [5.41, 5.74) is 6.00. The molecule has 1 aromatic rings. The first-order chi connectivity index (χ1) is 8.31. The topological polar surface area (TPSA) is 123 Å². The summed E-state index contributed by atoms with van der Waals surface area (Å²) in [6.45, 7) is 2.49. The van der Waals surface area contributed by atoms with Crippen molar-refractivity contribution in [2.45, 2.75) is 6.92 Å². The molecule has 4 N–H and O–H groups in total. The van der Waals surface area contributed by atoms with Crippen molar-refractivity contribution in [1.82, 2.24) is 0 Å². The number of para-hydroxylation sites is 1. The van der Waals surface area contributed by atoms with Crippen LogP contribution in [0.1, 0.15) is 12.5 Å². The molecular formula is C10H16N2O5S. The summed E-state index contributed by atoms with van der Waals surface area (Å²) in [5.74, 6) is 0.714. The lowest BCUT2D eigenvalue weighted by molar-refractivity contribution is 0.324. The van der Waals surface area contributed by atoms with Crippen molar-refractivity contribution in [3.63, 3.8) is 0 Å². The van der Waals surface area contributed by atoms with Gasteiger partial charge in [0.1, 0.15) is 11.6 Å². The summed E-state index contributed by atoms with van der Waals surface area (Å²) < 4.78 is 35.0. The quantitative estimate of drug-likeness (QED) is 0.425. The van der Waals surface area contributed by atoms with Crippen molar-refractivity contribution in [1.29, 1.82) is 5.41 Å². The molecule has 0 saturated heterocycles. The van der Waals surface area contributed by atoms with Gasteiger partial charge in [0.2, 0.25) is 0 Å². The van der Waals surface area contributed by atoms with Crippen LogP contribution in [0.2, 0.25) is 0 Å². The van der Waals surface area contributed by atoms with E-state index in [1.54, 1.807) is 12.1 Å². The fourth-order valence-corrected chi connectivity index (χ4v) is 0.971. The molecular weight excluding hydrogens is 260 g/mol. The molecule has 0 spiro atoms. The summed E-state index contributed by atoms with van der Waals surface area (Å²) >= 11 is 0. The maximum Gasteiger partial charge on any atom is 0.397 e. The highest BCUT2D eigenvalue weighted by Crippen LogP contribution is 2.16. The summed E-state index contributed by atoms with van der Waals surface area (Å²) in [4.78, 5) is 0. The van der Waals surface area contributed by atoms with Crippen LogP contribution in [-0.2, 0) is 14.6 Å². The maximum absolute atomic E-state index is 9.33. The third-order valence-electron chi connectivity index (χ3n) is 1.69. The standard InChI is InChI=1S/C9H12N2O.CH4O4S/c1-2-12-8-6-4-3-5-7(8)9(10)11;1-5-6(2,3)4/h3-6H,2H2,1H3,(H3,10,11);1H3,(H,2,3,4). The monoisotopic (exact) mass is 276 g/mol. The third kappa shape index (κ3) is 6.84. The van der Waals surface area contributed by atoms with Crippen LogP contribution in [0.15, 0.2) is 24.3 Å². The minimum Gasteiger partial charge on any atom is -0.493 e. The predicted octanol–water partition coefficient (Wildman–Crippen LogP) is 0.805. The highest BCUT2D eigenvalue weighted by Gasteiger charge is 2.03. The van der Waals surface area contributed by atoms with Crippen LogP contribution in [0.25, 0.3) is 0 Å². The first kappa shape index (κ1) is 16.4. The zero-order chi connectivity index (χ0) is 14.2. The van der Waals surface area contributed by atoms with Crippen LogP contribution >= 0.6 is 0 Å². The predicted molar refractivity (Wildman–Crippen MR) is 67.2 cm³/mol. The van der Waals surface area contributed by atoms with Crippen LogP contribution in [0.5, 0.6) is 5.75 Å². The van der Waals surface area contributed by atoms with Crippen molar-refractivity contribution >= 4 is 16.2 Å². The van der Waals surface area contributed by atoms with Crippen LogP contribution in [0.4, 0.5) is 0 Å². The average Bonchev–Trinajstić information content (AvgIpc) is 2.30. The van der Waals surface area contributed by atoms with E-state index in [9.17, 15) is 8.42 Å². The normalized spacial score (nSPS) is 10.2. The Morgan fingerprint density at radius 3 is 2.33 bits per heavy atom. The van der Waals surface area contributed by atoms with Crippen molar-refractivity contribution in [3.8, 4) is 5.75 Å². The number of ether oxygens (including phenoxy) is 1. The lowest BCUT2D eigenvalue weighted by Gasteiger charge is -2.07. The minimum absolute atomic E-state index is 0.0408. The Morgan fingerprint density at radius 1 is 1.44 bits per heavy atom. The van der Waals surface area contributed by atoms with E-state index in [-0.39, 0.29) is 5.84 Å². The number of nitrogen functional groups attached to an aromatic ring is 1. The van der Waals surface area contributed by atoms with Gasteiger partial charge in [-0.3, -0.25) is 14.1 Å². The molecule has 0 amide bonds. The smallest absolute Gasteiger partial charge is 0.397 e. The van der Waals surface area contributed by atoms with E-state index in [4.69, 9.17) is 20.4 Å². The van der Waals surface area contributed by atoms with Gasteiger partial charge in [-0.2, -0.15) is 8.42 Å². The van der Waals surface area contributed by atoms with E-state index in [1.807, 2.05) is 19.1 Å². The summed E-state index contributed by atoms with van der Waals surface area (Å²) in [7, 11) is -3.29. The summed E-state index contributed by atoms with van der Waals surface area (Å²) in [6, 6.07) is 7.27. The molecule has 8 heteroatoms. The van der Waals surface area contributed by atoms with Gasteiger partial charge in [0.25, 0.3) is 0 Å². The summed E-state index contributed by atoms with van der Waals surface area (Å²) in [6.07, 6.45) is 0. The van der Waals surface area contributed by atoms with Gasteiger partial charge >= 0.3 is 10.4 Å². The minimum atomic E-state index is -4.16. The molecule has 0 bridgehead atoms. The average molecular weight is 276 g/mol. The first-order valence-electron chi connectivity index (χ1n) is 4.91. The van der Waals surface area contributed by atoms with Gasteiger partial charge in [-0.1, -0.05) is 12.1 Å². The molecule has 1 aromatic carbocycles. The van der Waals surface area contributed by atoms with Gasteiger partial charge in [-0.15, -0.1) is 0 Å². The Morgan fingerprint density at radius 2 is 1.94 bits per heavy atom. The Labute approximate surface area is 106 Å². The van der Waals surface area contributed by atoms with Crippen molar-refractivity contribution in [3.05, 3.63) is 29.8 Å². The Balaban J connectivity index is 0.000000411. The fourth-order valence-electron chi connectivity index (χ4n) is 0.971. The van der Waals surface area contributed by atoms with E-state index >= 15 is 0 Å². The number of rotatable bonds is 4. The molecule has 18 heavy (non-hydrogen) atoms. The van der Waals surface area contributed by atoms with Crippen LogP contribution in [0.3, 0.4) is 0 Å². The van der Waals surface area contributed by atoms with Crippen LogP contribution in [-0.4, -0.2) is 32.5 Å². The molecule has 1 rings (SSSR count). The number of amidine groups is 1. The molecule has 0 unspecified atom stereocenters. The molecule has 0 aliphatic heterocycles.